The van der Waals surface area contributed by atoms with Gasteiger partial charge < -0.3 is 4.74 Å². The van der Waals surface area contributed by atoms with Gasteiger partial charge in [0.05, 0.1) is 16.5 Å². The Kier molecular flexibility index (Phi) is 4.85. The van der Waals surface area contributed by atoms with Crippen molar-refractivity contribution in [2.75, 3.05) is 13.1 Å². The van der Waals surface area contributed by atoms with Gasteiger partial charge in [0, 0.05) is 18.9 Å². The summed E-state index contributed by atoms with van der Waals surface area (Å²) in [5.74, 6) is -0.617. The van der Waals surface area contributed by atoms with Crippen molar-refractivity contribution in [2.24, 2.45) is 0 Å². The highest BCUT2D eigenvalue weighted by molar-refractivity contribution is 7.89. The Morgan fingerprint density at radius 2 is 2.12 bits per heavy atom. The largest absolute Gasteiger partial charge is 0.471 e. The first-order valence-electron chi connectivity index (χ1n) is 7.25. The summed E-state index contributed by atoms with van der Waals surface area (Å²) >= 11 is 5.67. The molecular formula is C15H12ClFN4O3S. The summed E-state index contributed by atoms with van der Waals surface area (Å²) in [5.41, 5.74) is 0.0362. The molecule has 1 saturated heterocycles. The van der Waals surface area contributed by atoms with Crippen molar-refractivity contribution < 1.29 is 17.5 Å². The molecule has 1 aliphatic heterocycles. The van der Waals surface area contributed by atoms with Gasteiger partial charge >= 0.3 is 0 Å². The Morgan fingerprint density at radius 1 is 1.36 bits per heavy atom. The standard InChI is InChI=1S/C15H12ClFN4O3S/c16-12-7-11(1-2-13(12)17)25(22,23)21-6-3-10(9-21)24-15-14(8-18)19-4-5-20-15/h1-2,4-5,7,10H,3,6,9H2. The third-order valence-corrected chi connectivity index (χ3v) is 5.84. The number of hydrogen-bond donors (Lipinski definition) is 0. The number of sulfonamides is 1. The summed E-state index contributed by atoms with van der Waals surface area (Å²) in [6, 6.07) is 5.13. The molecule has 3 rings (SSSR count). The number of rotatable bonds is 4. The molecule has 0 aliphatic carbocycles. The summed E-state index contributed by atoms with van der Waals surface area (Å²) in [5, 5.41) is 8.73. The average Bonchev–Trinajstić information content (AvgIpc) is 3.07. The van der Waals surface area contributed by atoms with Crippen LogP contribution < -0.4 is 4.74 Å². The Labute approximate surface area is 148 Å². The molecule has 1 unspecified atom stereocenters. The van der Waals surface area contributed by atoms with Crippen LogP contribution in [0, 0.1) is 17.1 Å². The van der Waals surface area contributed by atoms with E-state index < -0.39 is 21.9 Å². The van der Waals surface area contributed by atoms with Crippen LogP contribution >= 0.6 is 11.6 Å². The SMILES string of the molecule is N#Cc1nccnc1OC1CCN(S(=O)(=O)c2ccc(F)c(Cl)c2)C1. The molecule has 0 bridgehead atoms. The van der Waals surface area contributed by atoms with Crippen molar-refractivity contribution in [1.29, 1.82) is 5.26 Å². The first-order chi connectivity index (χ1) is 11.9. The van der Waals surface area contributed by atoms with E-state index in [0.717, 1.165) is 12.1 Å². The van der Waals surface area contributed by atoms with Crippen LogP contribution in [-0.4, -0.2) is 41.9 Å². The maximum atomic E-state index is 13.2. The van der Waals surface area contributed by atoms with Crippen LogP contribution in [0.2, 0.25) is 5.02 Å². The van der Waals surface area contributed by atoms with Gasteiger partial charge in [-0.3, -0.25) is 0 Å². The molecule has 0 radical (unpaired) electrons. The van der Waals surface area contributed by atoms with E-state index in [1.807, 2.05) is 6.07 Å². The maximum Gasteiger partial charge on any atom is 0.251 e. The number of hydrogen-bond acceptors (Lipinski definition) is 6. The van der Waals surface area contributed by atoms with Crippen molar-refractivity contribution in [2.45, 2.75) is 17.4 Å². The molecule has 0 saturated carbocycles. The lowest BCUT2D eigenvalue weighted by molar-refractivity contribution is 0.205. The fourth-order valence-electron chi connectivity index (χ4n) is 2.44. The quantitative estimate of drug-likeness (QED) is 0.802. The van der Waals surface area contributed by atoms with Gasteiger partial charge in [-0.05, 0) is 24.6 Å². The van der Waals surface area contributed by atoms with E-state index in [9.17, 15) is 12.8 Å². The van der Waals surface area contributed by atoms with Gasteiger partial charge in [0.25, 0.3) is 5.88 Å². The van der Waals surface area contributed by atoms with Crippen LogP contribution in [0.15, 0.2) is 35.5 Å². The lowest BCUT2D eigenvalue weighted by Crippen LogP contribution is -2.31. The Morgan fingerprint density at radius 3 is 2.84 bits per heavy atom. The van der Waals surface area contributed by atoms with Crippen LogP contribution in [0.3, 0.4) is 0 Å². The molecule has 0 spiro atoms. The van der Waals surface area contributed by atoms with E-state index in [2.05, 4.69) is 9.97 Å². The molecule has 2 aromatic rings. The number of benzene rings is 1. The predicted molar refractivity (Wildman–Crippen MR) is 85.9 cm³/mol. The van der Waals surface area contributed by atoms with Crippen molar-refractivity contribution in [3.8, 4) is 11.9 Å². The van der Waals surface area contributed by atoms with Gasteiger partial charge in [-0.2, -0.15) is 9.57 Å². The normalized spacial score (nSPS) is 18.0. The summed E-state index contributed by atoms with van der Waals surface area (Å²) in [7, 11) is -3.82. The molecular weight excluding hydrogens is 371 g/mol. The first kappa shape index (κ1) is 17.5. The van der Waals surface area contributed by atoms with Crippen LogP contribution in [0.4, 0.5) is 4.39 Å². The molecule has 7 nitrogen and oxygen atoms in total. The maximum absolute atomic E-state index is 13.2. The fraction of sp³-hybridized carbons (Fsp3) is 0.267. The van der Waals surface area contributed by atoms with Gasteiger partial charge in [-0.25, -0.2) is 22.8 Å². The van der Waals surface area contributed by atoms with Crippen LogP contribution in [0.1, 0.15) is 12.1 Å². The Bertz CT molecular complexity index is 948. The molecule has 1 fully saturated rings. The van der Waals surface area contributed by atoms with Crippen LogP contribution in [0.5, 0.6) is 5.88 Å². The smallest absolute Gasteiger partial charge is 0.251 e. The third kappa shape index (κ3) is 3.56. The molecule has 130 valence electrons. The van der Waals surface area contributed by atoms with Crippen molar-refractivity contribution in [1.82, 2.24) is 14.3 Å². The fourth-order valence-corrected chi connectivity index (χ4v) is 4.20. The molecule has 10 heteroatoms. The molecule has 1 aromatic carbocycles. The molecule has 2 heterocycles. The summed E-state index contributed by atoms with van der Waals surface area (Å²) in [4.78, 5) is 7.70. The molecule has 1 atom stereocenters. The highest BCUT2D eigenvalue weighted by Gasteiger charge is 2.34. The lowest BCUT2D eigenvalue weighted by Gasteiger charge is -2.17. The minimum atomic E-state index is -3.82. The molecule has 0 amide bonds. The Balaban J connectivity index is 1.76. The van der Waals surface area contributed by atoms with E-state index in [0.29, 0.717) is 6.42 Å². The van der Waals surface area contributed by atoms with Crippen molar-refractivity contribution in [3.05, 3.63) is 47.1 Å². The van der Waals surface area contributed by atoms with Gasteiger partial charge in [-0.15, -0.1) is 0 Å². The number of nitrogens with zero attached hydrogens (tertiary/aromatic N) is 4. The molecule has 25 heavy (non-hydrogen) atoms. The highest BCUT2D eigenvalue weighted by atomic mass is 35.5. The van der Waals surface area contributed by atoms with Gasteiger partial charge in [-0.1, -0.05) is 11.6 Å². The zero-order valence-electron chi connectivity index (χ0n) is 12.8. The van der Waals surface area contributed by atoms with E-state index in [1.165, 1.54) is 22.8 Å². The van der Waals surface area contributed by atoms with Crippen LogP contribution in [-0.2, 0) is 10.0 Å². The van der Waals surface area contributed by atoms with Gasteiger partial charge in [0.2, 0.25) is 15.7 Å². The molecule has 0 N–H and O–H groups in total. The summed E-state index contributed by atoms with van der Waals surface area (Å²) in [6.45, 7) is 0.308. The second kappa shape index (κ2) is 6.92. The number of aromatic nitrogens is 2. The molecule has 1 aromatic heterocycles. The average molecular weight is 383 g/mol. The van der Waals surface area contributed by atoms with Crippen molar-refractivity contribution >= 4 is 21.6 Å². The minimum absolute atomic E-state index is 0.0362. The number of nitriles is 1. The zero-order chi connectivity index (χ0) is 18.0. The van der Waals surface area contributed by atoms with Gasteiger partial charge in [0.15, 0.2) is 0 Å². The third-order valence-electron chi connectivity index (χ3n) is 3.69. The minimum Gasteiger partial charge on any atom is -0.471 e. The number of halogens is 2. The Hall–Kier alpha value is -2.28. The van der Waals surface area contributed by atoms with E-state index >= 15 is 0 Å². The van der Waals surface area contributed by atoms with Gasteiger partial charge in [0.1, 0.15) is 18.0 Å². The lowest BCUT2D eigenvalue weighted by atomic mass is 10.3. The second-order valence-corrected chi connectivity index (χ2v) is 7.63. The number of ether oxygens (including phenoxy) is 1. The second-order valence-electron chi connectivity index (χ2n) is 5.29. The summed E-state index contributed by atoms with van der Waals surface area (Å²) < 4.78 is 45.3. The van der Waals surface area contributed by atoms with E-state index in [4.69, 9.17) is 21.6 Å². The van der Waals surface area contributed by atoms with E-state index in [-0.39, 0.29) is 34.6 Å². The van der Waals surface area contributed by atoms with Crippen molar-refractivity contribution in [3.63, 3.8) is 0 Å². The zero-order valence-corrected chi connectivity index (χ0v) is 14.3. The molecule has 1 aliphatic rings. The first-order valence-corrected chi connectivity index (χ1v) is 9.06. The summed E-state index contributed by atoms with van der Waals surface area (Å²) in [6.07, 6.45) is 2.72. The highest BCUT2D eigenvalue weighted by Crippen LogP contribution is 2.26. The predicted octanol–water partition coefficient (Wildman–Crippen LogP) is 1.98. The van der Waals surface area contributed by atoms with Crippen LogP contribution in [0.25, 0.3) is 0 Å². The monoisotopic (exact) mass is 382 g/mol. The van der Waals surface area contributed by atoms with E-state index in [1.54, 1.807) is 0 Å². The topological polar surface area (TPSA) is 96.2 Å².